The van der Waals surface area contributed by atoms with Gasteiger partial charge in [-0.15, -0.1) is 11.3 Å². The average molecular weight is 267 g/mol. The molecule has 2 heterocycles. The van der Waals surface area contributed by atoms with Gasteiger partial charge in [0.05, 0.1) is 10.7 Å². The first-order valence-electron chi connectivity index (χ1n) is 7.24. The number of nitrogens with one attached hydrogen (secondary N) is 1. The van der Waals surface area contributed by atoms with Gasteiger partial charge in [-0.25, -0.2) is 4.98 Å². The fraction of sp³-hybridized carbons (Fsp3) is 0.786. The molecule has 1 fully saturated rings. The van der Waals surface area contributed by atoms with Gasteiger partial charge in [-0.2, -0.15) is 0 Å². The Bertz CT molecular complexity index is 356. The van der Waals surface area contributed by atoms with Crippen LogP contribution in [0.25, 0.3) is 0 Å². The topological polar surface area (TPSA) is 28.2 Å². The molecular formula is C14H25N3S. The number of likely N-dealkylation sites (tertiary alicyclic amines) is 1. The molecule has 1 aliphatic rings. The van der Waals surface area contributed by atoms with Crippen molar-refractivity contribution in [1.82, 2.24) is 15.2 Å². The van der Waals surface area contributed by atoms with Crippen LogP contribution in [0.1, 0.15) is 42.3 Å². The number of hydrogen-bond acceptors (Lipinski definition) is 4. The Kier molecular flexibility index (Phi) is 5.60. The van der Waals surface area contributed by atoms with E-state index in [1.54, 1.807) is 0 Å². The molecule has 0 saturated carbocycles. The van der Waals surface area contributed by atoms with Crippen LogP contribution in [0.15, 0.2) is 0 Å². The molecule has 0 unspecified atom stereocenters. The molecule has 2 rings (SSSR count). The van der Waals surface area contributed by atoms with Crippen molar-refractivity contribution < 1.29 is 0 Å². The minimum atomic E-state index is 0.987. The summed E-state index contributed by atoms with van der Waals surface area (Å²) in [5.41, 5.74) is 1.30. The largest absolute Gasteiger partial charge is 0.312 e. The summed E-state index contributed by atoms with van der Waals surface area (Å²) < 4.78 is 0. The monoisotopic (exact) mass is 267 g/mol. The van der Waals surface area contributed by atoms with Gasteiger partial charge in [-0.1, -0.05) is 13.8 Å². The quantitative estimate of drug-likeness (QED) is 0.822. The fourth-order valence-electron chi connectivity index (χ4n) is 2.46. The molecule has 0 spiro atoms. The van der Waals surface area contributed by atoms with Crippen LogP contribution in [0, 0.1) is 0 Å². The van der Waals surface area contributed by atoms with Crippen LogP contribution in [0.4, 0.5) is 0 Å². The molecule has 0 aliphatic carbocycles. The minimum Gasteiger partial charge on any atom is -0.312 e. The van der Waals surface area contributed by atoms with Gasteiger partial charge < -0.3 is 10.2 Å². The predicted molar refractivity (Wildman–Crippen MR) is 78.3 cm³/mol. The lowest BCUT2D eigenvalue weighted by Gasteiger charge is -2.12. The van der Waals surface area contributed by atoms with Crippen LogP contribution in [0.2, 0.25) is 0 Å². The highest BCUT2D eigenvalue weighted by atomic mass is 32.1. The average Bonchev–Trinajstić information content (AvgIpc) is 3.03. The lowest BCUT2D eigenvalue weighted by Crippen LogP contribution is -2.21. The zero-order valence-corrected chi connectivity index (χ0v) is 12.5. The summed E-state index contributed by atoms with van der Waals surface area (Å²) in [4.78, 5) is 8.80. The Morgan fingerprint density at radius 2 is 2.06 bits per heavy atom. The van der Waals surface area contributed by atoms with Crippen molar-refractivity contribution in [2.75, 3.05) is 26.2 Å². The second-order valence-corrected chi connectivity index (χ2v) is 6.08. The number of thiazole rings is 1. The minimum absolute atomic E-state index is 0.987. The van der Waals surface area contributed by atoms with E-state index in [0.717, 1.165) is 25.9 Å². The first-order valence-corrected chi connectivity index (χ1v) is 8.05. The van der Waals surface area contributed by atoms with Crippen molar-refractivity contribution in [3.8, 4) is 0 Å². The molecular weight excluding hydrogens is 242 g/mol. The van der Waals surface area contributed by atoms with Gasteiger partial charge in [0.2, 0.25) is 0 Å². The third-order valence-electron chi connectivity index (χ3n) is 3.53. The molecule has 1 aromatic rings. The number of nitrogens with zero attached hydrogens (tertiary/aromatic N) is 2. The van der Waals surface area contributed by atoms with Gasteiger partial charge in [-0.05, 0) is 38.9 Å². The third-order valence-corrected chi connectivity index (χ3v) is 4.69. The van der Waals surface area contributed by atoms with Crippen LogP contribution < -0.4 is 5.32 Å². The molecule has 1 saturated heterocycles. The van der Waals surface area contributed by atoms with E-state index in [1.165, 1.54) is 48.1 Å². The normalized spacial score (nSPS) is 16.6. The van der Waals surface area contributed by atoms with E-state index in [1.807, 2.05) is 11.3 Å². The van der Waals surface area contributed by atoms with E-state index in [2.05, 4.69) is 24.1 Å². The van der Waals surface area contributed by atoms with Crippen molar-refractivity contribution >= 4 is 11.3 Å². The van der Waals surface area contributed by atoms with Crippen LogP contribution in [-0.2, 0) is 19.4 Å². The van der Waals surface area contributed by atoms with E-state index in [4.69, 9.17) is 4.98 Å². The SMILES string of the molecule is CCNCc1sc(CCN2CCCC2)nc1CC. The second kappa shape index (κ2) is 7.22. The maximum absolute atomic E-state index is 4.79. The first-order chi connectivity index (χ1) is 8.83. The van der Waals surface area contributed by atoms with Crippen LogP contribution >= 0.6 is 11.3 Å². The maximum Gasteiger partial charge on any atom is 0.0944 e. The zero-order chi connectivity index (χ0) is 12.8. The lowest BCUT2D eigenvalue weighted by molar-refractivity contribution is 0.343. The molecule has 0 radical (unpaired) electrons. The Hall–Kier alpha value is -0.450. The third kappa shape index (κ3) is 3.77. The molecule has 1 aliphatic heterocycles. The summed E-state index contributed by atoms with van der Waals surface area (Å²) >= 11 is 1.91. The van der Waals surface area contributed by atoms with Crippen molar-refractivity contribution in [3.05, 3.63) is 15.6 Å². The highest BCUT2D eigenvalue weighted by Gasteiger charge is 2.13. The summed E-state index contributed by atoms with van der Waals surface area (Å²) in [7, 11) is 0. The van der Waals surface area contributed by atoms with Crippen molar-refractivity contribution in [2.45, 2.75) is 46.1 Å². The fourth-order valence-corrected chi connectivity index (χ4v) is 3.57. The van der Waals surface area contributed by atoms with Crippen molar-refractivity contribution in [1.29, 1.82) is 0 Å². The molecule has 18 heavy (non-hydrogen) atoms. The lowest BCUT2D eigenvalue weighted by atomic mass is 10.3. The molecule has 0 aromatic carbocycles. The van der Waals surface area contributed by atoms with Crippen LogP contribution in [-0.4, -0.2) is 36.1 Å². The first kappa shape index (κ1) is 14.0. The summed E-state index contributed by atoms with van der Waals surface area (Å²) in [5, 5.41) is 4.74. The number of hydrogen-bond donors (Lipinski definition) is 1. The Labute approximate surface area is 115 Å². The standard InChI is InChI=1S/C14H25N3S/c1-3-12-13(11-15-4-2)18-14(16-12)7-10-17-8-5-6-9-17/h15H,3-11H2,1-2H3. The zero-order valence-electron chi connectivity index (χ0n) is 11.7. The molecule has 0 amide bonds. The molecule has 3 nitrogen and oxygen atoms in total. The second-order valence-electron chi connectivity index (χ2n) is 4.91. The van der Waals surface area contributed by atoms with Crippen molar-refractivity contribution in [3.63, 3.8) is 0 Å². The van der Waals surface area contributed by atoms with E-state index in [9.17, 15) is 0 Å². The summed E-state index contributed by atoms with van der Waals surface area (Å²) in [6, 6.07) is 0. The van der Waals surface area contributed by atoms with Gasteiger partial charge in [0, 0.05) is 24.4 Å². The highest BCUT2D eigenvalue weighted by Crippen LogP contribution is 2.20. The van der Waals surface area contributed by atoms with Gasteiger partial charge in [-0.3, -0.25) is 0 Å². The van der Waals surface area contributed by atoms with Crippen molar-refractivity contribution in [2.24, 2.45) is 0 Å². The molecule has 4 heteroatoms. The maximum atomic E-state index is 4.79. The van der Waals surface area contributed by atoms with Gasteiger partial charge >= 0.3 is 0 Å². The predicted octanol–water partition coefficient (Wildman–Crippen LogP) is 2.45. The Morgan fingerprint density at radius 3 is 2.72 bits per heavy atom. The summed E-state index contributed by atoms with van der Waals surface area (Å²) in [6.07, 6.45) is 4.94. The van der Waals surface area contributed by atoms with E-state index < -0.39 is 0 Å². The summed E-state index contributed by atoms with van der Waals surface area (Å²) in [5.74, 6) is 0. The molecule has 1 N–H and O–H groups in total. The number of aromatic nitrogens is 1. The Morgan fingerprint density at radius 1 is 1.28 bits per heavy atom. The van der Waals surface area contributed by atoms with E-state index in [0.29, 0.717) is 0 Å². The van der Waals surface area contributed by atoms with Crippen LogP contribution in [0.3, 0.4) is 0 Å². The number of aryl methyl sites for hydroxylation is 1. The van der Waals surface area contributed by atoms with Crippen LogP contribution in [0.5, 0.6) is 0 Å². The van der Waals surface area contributed by atoms with Gasteiger partial charge in [0.1, 0.15) is 0 Å². The molecule has 1 aromatic heterocycles. The summed E-state index contributed by atoms with van der Waals surface area (Å²) in [6.45, 7) is 10.1. The smallest absolute Gasteiger partial charge is 0.0944 e. The highest BCUT2D eigenvalue weighted by molar-refractivity contribution is 7.11. The molecule has 0 atom stereocenters. The van der Waals surface area contributed by atoms with E-state index >= 15 is 0 Å². The van der Waals surface area contributed by atoms with E-state index in [-0.39, 0.29) is 0 Å². The Balaban J connectivity index is 1.89. The molecule has 0 bridgehead atoms. The van der Waals surface area contributed by atoms with Gasteiger partial charge in [0.15, 0.2) is 0 Å². The number of rotatable bonds is 7. The molecule has 102 valence electrons. The van der Waals surface area contributed by atoms with Gasteiger partial charge in [0.25, 0.3) is 0 Å².